The Balaban J connectivity index is 2.23. The standard InChI is InChI=1S/C15H19N3/c1-11-7-12(2)9-13(8-11)15(18-16)10-14-5-3-4-6-17-14/h3-9,15,18H,10,16H2,1-2H3. The van der Waals surface area contributed by atoms with Gasteiger partial charge < -0.3 is 0 Å². The summed E-state index contributed by atoms with van der Waals surface area (Å²) in [4.78, 5) is 4.34. The first kappa shape index (κ1) is 12.7. The molecule has 3 nitrogen and oxygen atoms in total. The van der Waals surface area contributed by atoms with Crippen molar-refractivity contribution in [3.63, 3.8) is 0 Å². The van der Waals surface area contributed by atoms with E-state index in [9.17, 15) is 0 Å². The molecule has 3 N–H and O–H groups in total. The fourth-order valence-electron chi connectivity index (χ4n) is 2.21. The van der Waals surface area contributed by atoms with Crippen LogP contribution in [-0.4, -0.2) is 4.98 Å². The van der Waals surface area contributed by atoms with Crippen LogP contribution in [0.2, 0.25) is 0 Å². The fraction of sp³-hybridized carbons (Fsp3) is 0.267. The molecule has 18 heavy (non-hydrogen) atoms. The number of rotatable bonds is 4. The van der Waals surface area contributed by atoms with Crippen molar-refractivity contribution >= 4 is 0 Å². The summed E-state index contributed by atoms with van der Waals surface area (Å²) in [6.45, 7) is 4.20. The van der Waals surface area contributed by atoms with Crippen molar-refractivity contribution < 1.29 is 0 Å². The van der Waals surface area contributed by atoms with Gasteiger partial charge >= 0.3 is 0 Å². The Hall–Kier alpha value is -1.71. The number of aryl methyl sites for hydroxylation is 2. The number of hydrogen-bond acceptors (Lipinski definition) is 3. The third-order valence-corrected chi connectivity index (χ3v) is 2.99. The molecule has 0 aliphatic rings. The van der Waals surface area contributed by atoms with Crippen molar-refractivity contribution in [1.82, 2.24) is 10.4 Å². The van der Waals surface area contributed by atoms with Gasteiger partial charge in [0.05, 0.1) is 6.04 Å². The molecule has 1 heterocycles. The van der Waals surface area contributed by atoms with Crippen molar-refractivity contribution in [3.8, 4) is 0 Å². The lowest BCUT2D eigenvalue weighted by atomic mass is 9.98. The Bertz CT molecular complexity index is 488. The quantitative estimate of drug-likeness (QED) is 0.638. The molecule has 0 radical (unpaired) electrons. The van der Waals surface area contributed by atoms with Crippen molar-refractivity contribution in [2.24, 2.45) is 5.84 Å². The first-order valence-electron chi connectivity index (χ1n) is 6.13. The highest BCUT2D eigenvalue weighted by Crippen LogP contribution is 2.19. The number of aromatic nitrogens is 1. The van der Waals surface area contributed by atoms with Gasteiger partial charge in [0.25, 0.3) is 0 Å². The first-order chi connectivity index (χ1) is 8.69. The lowest BCUT2D eigenvalue weighted by molar-refractivity contribution is 0.545. The van der Waals surface area contributed by atoms with Crippen LogP contribution < -0.4 is 11.3 Å². The second kappa shape index (κ2) is 5.76. The smallest absolute Gasteiger partial charge is 0.0515 e. The predicted octanol–water partition coefficient (Wildman–Crippen LogP) is 2.45. The molecule has 0 amide bonds. The molecular formula is C15H19N3. The van der Waals surface area contributed by atoms with E-state index >= 15 is 0 Å². The Kier molecular flexibility index (Phi) is 4.07. The molecule has 0 bridgehead atoms. The van der Waals surface area contributed by atoms with Crippen molar-refractivity contribution in [1.29, 1.82) is 0 Å². The fourth-order valence-corrected chi connectivity index (χ4v) is 2.21. The molecule has 2 aromatic rings. The maximum Gasteiger partial charge on any atom is 0.0515 e. The molecule has 0 aliphatic carbocycles. The molecule has 0 saturated heterocycles. The monoisotopic (exact) mass is 241 g/mol. The molecule has 3 heteroatoms. The summed E-state index contributed by atoms with van der Waals surface area (Å²) in [5, 5.41) is 0. The summed E-state index contributed by atoms with van der Waals surface area (Å²) in [7, 11) is 0. The summed E-state index contributed by atoms with van der Waals surface area (Å²) in [6.07, 6.45) is 2.60. The van der Waals surface area contributed by atoms with E-state index in [4.69, 9.17) is 5.84 Å². The van der Waals surface area contributed by atoms with Crippen LogP contribution in [0.3, 0.4) is 0 Å². The van der Waals surface area contributed by atoms with Gasteiger partial charge in [-0.2, -0.15) is 0 Å². The minimum atomic E-state index is 0.0958. The average molecular weight is 241 g/mol. The zero-order valence-corrected chi connectivity index (χ0v) is 10.9. The number of pyridine rings is 1. The number of nitrogens with zero attached hydrogens (tertiary/aromatic N) is 1. The summed E-state index contributed by atoms with van der Waals surface area (Å²) in [6, 6.07) is 12.5. The highest BCUT2D eigenvalue weighted by molar-refractivity contribution is 5.31. The van der Waals surface area contributed by atoms with Gasteiger partial charge in [-0.25, -0.2) is 0 Å². The molecular weight excluding hydrogens is 222 g/mol. The zero-order valence-electron chi connectivity index (χ0n) is 10.9. The third kappa shape index (κ3) is 3.15. The number of benzene rings is 1. The molecule has 0 aliphatic heterocycles. The van der Waals surface area contributed by atoms with Gasteiger partial charge in [-0.05, 0) is 31.5 Å². The van der Waals surface area contributed by atoms with E-state index in [2.05, 4.69) is 42.5 Å². The molecule has 94 valence electrons. The molecule has 0 fully saturated rings. The summed E-state index contributed by atoms with van der Waals surface area (Å²) in [5.74, 6) is 5.68. The van der Waals surface area contributed by atoms with Crippen LogP contribution >= 0.6 is 0 Å². The van der Waals surface area contributed by atoms with E-state index < -0.39 is 0 Å². The highest BCUT2D eigenvalue weighted by Gasteiger charge is 2.11. The van der Waals surface area contributed by atoms with Gasteiger partial charge in [-0.15, -0.1) is 0 Å². The van der Waals surface area contributed by atoms with Crippen LogP contribution in [0.25, 0.3) is 0 Å². The van der Waals surface area contributed by atoms with Crippen LogP contribution in [0.4, 0.5) is 0 Å². The van der Waals surface area contributed by atoms with Gasteiger partial charge in [0, 0.05) is 18.3 Å². The largest absolute Gasteiger partial charge is 0.271 e. The number of nitrogens with two attached hydrogens (primary N) is 1. The van der Waals surface area contributed by atoms with E-state index in [1.54, 1.807) is 0 Å². The van der Waals surface area contributed by atoms with Gasteiger partial charge in [0.1, 0.15) is 0 Å². The predicted molar refractivity (Wildman–Crippen MR) is 73.9 cm³/mol. The zero-order chi connectivity index (χ0) is 13.0. The van der Waals surface area contributed by atoms with Gasteiger partial charge in [0.15, 0.2) is 0 Å². The first-order valence-corrected chi connectivity index (χ1v) is 6.13. The molecule has 1 unspecified atom stereocenters. The van der Waals surface area contributed by atoms with Crippen LogP contribution in [0.5, 0.6) is 0 Å². The Morgan fingerprint density at radius 3 is 2.44 bits per heavy atom. The lowest BCUT2D eigenvalue weighted by Crippen LogP contribution is -2.29. The third-order valence-electron chi connectivity index (χ3n) is 2.99. The molecule has 1 aromatic carbocycles. The summed E-state index contributed by atoms with van der Waals surface area (Å²) < 4.78 is 0. The van der Waals surface area contributed by atoms with Crippen LogP contribution in [0.15, 0.2) is 42.6 Å². The summed E-state index contributed by atoms with van der Waals surface area (Å²) >= 11 is 0. The topological polar surface area (TPSA) is 50.9 Å². The SMILES string of the molecule is Cc1cc(C)cc(C(Cc2ccccn2)NN)c1. The van der Waals surface area contributed by atoms with E-state index in [-0.39, 0.29) is 6.04 Å². The number of nitrogens with one attached hydrogen (secondary N) is 1. The Labute approximate surface area is 108 Å². The maximum absolute atomic E-state index is 5.68. The number of hydrogen-bond donors (Lipinski definition) is 2. The minimum Gasteiger partial charge on any atom is -0.271 e. The van der Waals surface area contributed by atoms with Gasteiger partial charge in [-0.1, -0.05) is 35.4 Å². The number of hydrazine groups is 1. The van der Waals surface area contributed by atoms with Crippen molar-refractivity contribution in [3.05, 3.63) is 65.0 Å². The molecule has 2 rings (SSSR count). The second-order valence-electron chi connectivity index (χ2n) is 4.67. The molecule has 0 saturated carbocycles. The van der Waals surface area contributed by atoms with E-state index in [1.807, 2.05) is 24.4 Å². The second-order valence-corrected chi connectivity index (χ2v) is 4.67. The maximum atomic E-state index is 5.68. The average Bonchev–Trinajstić information content (AvgIpc) is 2.36. The minimum absolute atomic E-state index is 0.0958. The van der Waals surface area contributed by atoms with Crippen LogP contribution in [0, 0.1) is 13.8 Å². The van der Waals surface area contributed by atoms with E-state index in [1.165, 1.54) is 16.7 Å². The van der Waals surface area contributed by atoms with Crippen molar-refractivity contribution in [2.75, 3.05) is 0 Å². The van der Waals surface area contributed by atoms with E-state index in [0.717, 1.165) is 12.1 Å². The highest BCUT2D eigenvalue weighted by atomic mass is 15.2. The van der Waals surface area contributed by atoms with Gasteiger partial charge in [-0.3, -0.25) is 16.3 Å². The molecule has 0 spiro atoms. The normalized spacial score (nSPS) is 12.4. The molecule has 1 aromatic heterocycles. The van der Waals surface area contributed by atoms with Gasteiger partial charge in [0.2, 0.25) is 0 Å². The van der Waals surface area contributed by atoms with Crippen LogP contribution in [-0.2, 0) is 6.42 Å². The molecule has 1 atom stereocenters. The van der Waals surface area contributed by atoms with Crippen molar-refractivity contribution in [2.45, 2.75) is 26.3 Å². The summed E-state index contributed by atoms with van der Waals surface area (Å²) in [5.41, 5.74) is 7.64. The Morgan fingerprint density at radius 2 is 1.89 bits per heavy atom. The van der Waals surface area contributed by atoms with E-state index in [0.29, 0.717) is 0 Å². The van der Waals surface area contributed by atoms with Crippen LogP contribution in [0.1, 0.15) is 28.4 Å². The Morgan fingerprint density at radius 1 is 1.17 bits per heavy atom. The lowest BCUT2D eigenvalue weighted by Gasteiger charge is -2.17.